The summed E-state index contributed by atoms with van der Waals surface area (Å²) in [7, 11) is 0. The second-order valence-corrected chi connectivity index (χ2v) is 5.20. The third-order valence-corrected chi connectivity index (χ3v) is 3.95. The van der Waals surface area contributed by atoms with E-state index in [1.165, 1.54) is 0 Å². The average Bonchev–Trinajstić information content (AvgIpc) is 2.18. The molecule has 1 aromatic carbocycles. The molecule has 0 saturated heterocycles. The van der Waals surface area contributed by atoms with Crippen LogP contribution in [0.4, 0.5) is 4.39 Å². The Balaban J connectivity index is 2.19. The quantitative estimate of drug-likeness (QED) is 0.898. The first kappa shape index (κ1) is 12.0. The fraction of sp³-hybridized carbons (Fsp3) is 0.500. The number of nitrogens with two attached hydrogens (primary N) is 1. The van der Waals surface area contributed by atoms with E-state index in [4.69, 9.17) is 5.73 Å². The van der Waals surface area contributed by atoms with Gasteiger partial charge in [0, 0.05) is 5.56 Å². The molecule has 0 aliphatic heterocycles. The molecule has 16 heavy (non-hydrogen) atoms. The number of aliphatic hydroxyl groups excluding tert-OH is 1. The van der Waals surface area contributed by atoms with E-state index in [-0.39, 0.29) is 11.7 Å². The van der Waals surface area contributed by atoms with Crippen LogP contribution in [0.5, 0.6) is 0 Å². The molecule has 3 N–H and O–H groups in total. The molecule has 2 rings (SSSR count). The number of benzene rings is 1. The molecular weight excluding hydrogens is 273 g/mol. The molecule has 1 fully saturated rings. The van der Waals surface area contributed by atoms with Crippen LogP contribution in [0.25, 0.3) is 0 Å². The molecule has 88 valence electrons. The average molecular weight is 288 g/mol. The smallest absolute Gasteiger partial charge is 0.142 e. The van der Waals surface area contributed by atoms with Crippen LogP contribution < -0.4 is 5.73 Å². The fourth-order valence-electron chi connectivity index (χ4n) is 2.04. The lowest BCUT2D eigenvalue weighted by Gasteiger charge is -2.33. The van der Waals surface area contributed by atoms with Gasteiger partial charge in [-0.3, -0.25) is 0 Å². The molecule has 0 heterocycles. The van der Waals surface area contributed by atoms with Crippen LogP contribution in [0, 0.1) is 11.7 Å². The fourth-order valence-corrected chi connectivity index (χ4v) is 2.42. The van der Waals surface area contributed by atoms with Crippen LogP contribution in [-0.2, 0) is 0 Å². The summed E-state index contributed by atoms with van der Waals surface area (Å²) >= 11 is 3.12. The minimum absolute atomic E-state index is 0.230. The van der Waals surface area contributed by atoms with Gasteiger partial charge in [-0.25, -0.2) is 4.39 Å². The van der Waals surface area contributed by atoms with Crippen molar-refractivity contribution in [2.45, 2.75) is 31.4 Å². The van der Waals surface area contributed by atoms with Crippen molar-refractivity contribution < 1.29 is 9.50 Å². The Morgan fingerprint density at radius 2 is 2.12 bits per heavy atom. The molecule has 1 aliphatic rings. The largest absolute Gasteiger partial charge is 0.391 e. The Bertz CT molecular complexity index is 381. The predicted octanol–water partition coefficient (Wildman–Crippen LogP) is 2.75. The molecule has 2 nitrogen and oxygen atoms in total. The molecule has 1 saturated carbocycles. The Morgan fingerprint density at radius 3 is 2.69 bits per heavy atom. The number of aliphatic hydroxyl groups is 1. The van der Waals surface area contributed by atoms with Crippen LogP contribution in [-0.4, -0.2) is 11.2 Å². The number of rotatable bonds is 3. The van der Waals surface area contributed by atoms with Gasteiger partial charge in [-0.15, -0.1) is 0 Å². The van der Waals surface area contributed by atoms with E-state index in [0.29, 0.717) is 10.0 Å². The summed E-state index contributed by atoms with van der Waals surface area (Å²) in [6.07, 6.45) is 2.47. The van der Waals surface area contributed by atoms with Gasteiger partial charge >= 0.3 is 0 Å². The third kappa shape index (κ3) is 2.14. The Morgan fingerprint density at radius 1 is 1.44 bits per heavy atom. The lowest BCUT2D eigenvalue weighted by molar-refractivity contribution is 0.0404. The summed E-state index contributed by atoms with van der Waals surface area (Å²) in [6.45, 7) is 0. The number of halogens is 2. The van der Waals surface area contributed by atoms with Crippen LogP contribution >= 0.6 is 15.9 Å². The van der Waals surface area contributed by atoms with Crippen molar-refractivity contribution in [3.05, 3.63) is 34.1 Å². The zero-order valence-corrected chi connectivity index (χ0v) is 10.5. The Labute approximate surface area is 103 Å². The maximum atomic E-state index is 13.8. The number of hydrogen-bond donors (Lipinski definition) is 2. The Kier molecular flexibility index (Phi) is 3.62. The summed E-state index contributed by atoms with van der Waals surface area (Å²) < 4.78 is 14.1. The molecule has 4 heteroatoms. The van der Waals surface area contributed by atoms with Crippen LogP contribution in [0.2, 0.25) is 0 Å². The van der Waals surface area contributed by atoms with Crippen molar-refractivity contribution in [2.24, 2.45) is 11.7 Å². The molecule has 0 aromatic heterocycles. The van der Waals surface area contributed by atoms with E-state index in [1.54, 1.807) is 18.2 Å². The second kappa shape index (κ2) is 4.82. The summed E-state index contributed by atoms with van der Waals surface area (Å²) in [5.74, 6) is -0.137. The first-order valence-electron chi connectivity index (χ1n) is 5.49. The van der Waals surface area contributed by atoms with E-state index >= 15 is 0 Å². The van der Waals surface area contributed by atoms with Gasteiger partial charge in [0.1, 0.15) is 5.82 Å². The molecule has 0 bridgehead atoms. The monoisotopic (exact) mass is 287 g/mol. The lowest BCUT2D eigenvalue weighted by atomic mass is 9.77. The zero-order valence-electron chi connectivity index (χ0n) is 8.87. The second-order valence-electron chi connectivity index (χ2n) is 4.35. The van der Waals surface area contributed by atoms with E-state index in [0.717, 1.165) is 19.3 Å². The summed E-state index contributed by atoms with van der Waals surface area (Å²) in [5.41, 5.74) is 6.29. The van der Waals surface area contributed by atoms with Crippen molar-refractivity contribution in [1.29, 1.82) is 0 Å². The highest BCUT2D eigenvalue weighted by atomic mass is 79.9. The van der Waals surface area contributed by atoms with Gasteiger partial charge in [0.2, 0.25) is 0 Å². The highest BCUT2D eigenvalue weighted by Gasteiger charge is 2.31. The molecule has 0 radical (unpaired) electrons. The first-order chi connectivity index (χ1) is 7.61. The normalized spacial score (nSPS) is 20.2. The third-order valence-electron chi connectivity index (χ3n) is 3.34. The topological polar surface area (TPSA) is 46.2 Å². The van der Waals surface area contributed by atoms with Gasteiger partial charge in [-0.1, -0.05) is 18.6 Å². The van der Waals surface area contributed by atoms with E-state index < -0.39 is 12.1 Å². The minimum atomic E-state index is -0.641. The van der Waals surface area contributed by atoms with Crippen LogP contribution in [0.1, 0.15) is 30.9 Å². The standard InChI is InChI=1S/C12H15BrFNO/c13-9-6-2-5-8(10(9)14)11(15)12(16)7-3-1-4-7/h2,5-7,11-12,16H,1,3-4,15H2/t11-,12+/m0/s1. The van der Waals surface area contributed by atoms with Crippen molar-refractivity contribution in [2.75, 3.05) is 0 Å². The lowest BCUT2D eigenvalue weighted by Crippen LogP contribution is -2.36. The summed E-state index contributed by atoms with van der Waals surface area (Å²) in [5, 5.41) is 10.00. The molecule has 0 spiro atoms. The maximum Gasteiger partial charge on any atom is 0.142 e. The van der Waals surface area contributed by atoms with Crippen LogP contribution in [0.15, 0.2) is 22.7 Å². The number of hydrogen-bond acceptors (Lipinski definition) is 2. The molecule has 0 unspecified atom stereocenters. The molecule has 1 aromatic rings. The van der Waals surface area contributed by atoms with Crippen molar-refractivity contribution in [1.82, 2.24) is 0 Å². The van der Waals surface area contributed by atoms with Crippen LogP contribution in [0.3, 0.4) is 0 Å². The van der Waals surface area contributed by atoms with Crippen molar-refractivity contribution in [3.8, 4) is 0 Å². The SMILES string of the molecule is N[C@@H](c1cccc(Br)c1F)[C@H](O)C1CCC1. The predicted molar refractivity (Wildman–Crippen MR) is 64.4 cm³/mol. The minimum Gasteiger partial charge on any atom is -0.391 e. The molecule has 2 atom stereocenters. The van der Waals surface area contributed by atoms with Gasteiger partial charge < -0.3 is 10.8 Å². The highest BCUT2D eigenvalue weighted by molar-refractivity contribution is 9.10. The van der Waals surface area contributed by atoms with E-state index in [2.05, 4.69) is 15.9 Å². The van der Waals surface area contributed by atoms with Gasteiger partial charge in [0.15, 0.2) is 0 Å². The van der Waals surface area contributed by atoms with E-state index in [1.807, 2.05) is 0 Å². The molecular formula is C12H15BrFNO. The maximum absolute atomic E-state index is 13.8. The summed E-state index contributed by atoms with van der Waals surface area (Å²) in [6, 6.07) is 4.35. The summed E-state index contributed by atoms with van der Waals surface area (Å²) in [4.78, 5) is 0. The zero-order chi connectivity index (χ0) is 11.7. The van der Waals surface area contributed by atoms with Crippen molar-refractivity contribution in [3.63, 3.8) is 0 Å². The highest BCUT2D eigenvalue weighted by Crippen LogP contribution is 2.35. The van der Waals surface area contributed by atoms with E-state index in [9.17, 15) is 9.50 Å². The van der Waals surface area contributed by atoms with Gasteiger partial charge in [0.25, 0.3) is 0 Å². The Hall–Kier alpha value is -0.450. The van der Waals surface area contributed by atoms with Gasteiger partial charge in [-0.2, -0.15) is 0 Å². The van der Waals surface area contributed by atoms with Gasteiger partial charge in [0.05, 0.1) is 16.6 Å². The molecule has 0 amide bonds. The van der Waals surface area contributed by atoms with Crippen molar-refractivity contribution >= 4 is 15.9 Å². The molecule has 1 aliphatic carbocycles. The van der Waals surface area contributed by atoms with Gasteiger partial charge in [-0.05, 0) is 40.8 Å². The first-order valence-corrected chi connectivity index (χ1v) is 6.28.